The molecule has 1 fully saturated rings. The molecule has 0 spiro atoms. The van der Waals surface area contributed by atoms with Gasteiger partial charge in [-0.15, -0.1) is 5.10 Å². The zero-order valence-electron chi connectivity index (χ0n) is 13.6. The van der Waals surface area contributed by atoms with Crippen LogP contribution >= 0.6 is 0 Å². The number of aryl methyl sites for hydroxylation is 1. The van der Waals surface area contributed by atoms with E-state index < -0.39 is 0 Å². The lowest BCUT2D eigenvalue weighted by Gasteiger charge is -2.32. The first-order valence-corrected chi connectivity index (χ1v) is 8.38. The Morgan fingerprint density at radius 2 is 2.22 bits per heavy atom. The second-order valence-corrected chi connectivity index (χ2v) is 6.72. The van der Waals surface area contributed by atoms with Gasteiger partial charge in [0.25, 0.3) is 0 Å². The summed E-state index contributed by atoms with van der Waals surface area (Å²) in [6.45, 7) is 4.39. The summed E-state index contributed by atoms with van der Waals surface area (Å²) in [5, 5.41) is 8.57. The minimum Gasteiger partial charge on any atom is -0.374 e. The van der Waals surface area contributed by atoms with Crippen LogP contribution in [0.1, 0.15) is 35.8 Å². The van der Waals surface area contributed by atoms with Crippen LogP contribution in [0.3, 0.4) is 0 Å². The van der Waals surface area contributed by atoms with E-state index in [1.807, 2.05) is 29.9 Å². The molecule has 23 heavy (non-hydrogen) atoms. The third-order valence-electron chi connectivity index (χ3n) is 4.69. The molecule has 2 aromatic heterocycles. The number of ether oxygens (including phenoxy) is 1. The molecule has 0 amide bonds. The Balaban J connectivity index is 1.41. The van der Waals surface area contributed by atoms with E-state index in [1.165, 1.54) is 25.1 Å². The molecule has 0 radical (unpaired) electrons. The predicted octanol–water partition coefficient (Wildman–Crippen LogP) is 1.74. The first kappa shape index (κ1) is 14.8. The highest BCUT2D eigenvalue weighted by Crippen LogP contribution is 2.33. The summed E-state index contributed by atoms with van der Waals surface area (Å²) in [7, 11) is 1.98. The molecule has 4 rings (SSSR count). The summed E-state index contributed by atoms with van der Waals surface area (Å²) in [5.41, 5.74) is 3.32. The molecule has 0 saturated heterocycles. The fourth-order valence-electron chi connectivity index (χ4n) is 3.42. The van der Waals surface area contributed by atoms with Crippen LogP contribution in [0.25, 0.3) is 0 Å². The summed E-state index contributed by atoms with van der Waals surface area (Å²) >= 11 is 0. The second-order valence-electron chi connectivity index (χ2n) is 6.72. The van der Waals surface area contributed by atoms with Crippen LogP contribution in [0.4, 0.5) is 0 Å². The number of fused-ring (bicyclic) bond motifs is 1. The highest BCUT2D eigenvalue weighted by atomic mass is 16.5. The van der Waals surface area contributed by atoms with Crippen LogP contribution in [0, 0.1) is 5.92 Å². The normalized spacial score (nSPS) is 21.3. The van der Waals surface area contributed by atoms with Crippen molar-refractivity contribution in [1.29, 1.82) is 0 Å². The van der Waals surface area contributed by atoms with Gasteiger partial charge in [-0.05, 0) is 30.9 Å². The van der Waals surface area contributed by atoms with Crippen LogP contribution in [-0.2, 0) is 24.9 Å². The monoisotopic (exact) mass is 313 g/mol. The van der Waals surface area contributed by atoms with E-state index in [0.29, 0.717) is 19.1 Å². The fourth-order valence-corrected chi connectivity index (χ4v) is 3.42. The Morgan fingerprint density at radius 3 is 3.00 bits per heavy atom. The van der Waals surface area contributed by atoms with Crippen molar-refractivity contribution in [3.8, 4) is 0 Å². The lowest BCUT2D eigenvalue weighted by atomic mass is 9.98. The minimum atomic E-state index is 0.334. The van der Waals surface area contributed by atoms with Gasteiger partial charge in [0.15, 0.2) is 0 Å². The van der Waals surface area contributed by atoms with E-state index in [1.54, 1.807) is 6.20 Å². The summed E-state index contributed by atoms with van der Waals surface area (Å²) in [5.74, 6) is 1.23. The summed E-state index contributed by atoms with van der Waals surface area (Å²) in [6, 6.07) is 5.91. The zero-order chi connectivity index (χ0) is 15.6. The van der Waals surface area contributed by atoms with E-state index in [9.17, 15) is 0 Å². The Morgan fingerprint density at radius 1 is 1.30 bits per heavy atom. The SMILES string of the molecule is Cn1nnc2c1[C@H](COCc1ccccn1)CN(CC1CC1)C2. The van der Waals surface area contributed by atoms with Crippen LogP contribution in [0.5, 0.6) is 0 Å². The summed E-state index contributed by atoms with van der Waals surface area (Å²) in [4.78, 5) is 6.83. The number of aromatic nitrogens is 4. The fraction of sp³-hybridized carbons (Fsp3) is 0.588. The van der Waals surface area contributed by atoms with E-state index in [4.69, 9.17) is 4.74 Å². The van der Waals surface area contributed by atoms with E-state index in [2.05, 4.69) is 20.2 Å². The molecule has 2 aromatic rings. The number of hydrogen-bond donors (Lipinski definition) is 0. The predicted molar refractivity (Wildman–Crippen MR) is 85.6 cm³/mol. The molecule has 0 bridgehead atoms. The third-order valence-corrected chi connectivity index (χ3v) is 4.69. The van der Waals surface area contributed by atoms with Crippen molar-refractivity contribution in [2.75, 3.05) is 19.7 Å². The Kier molecular flexibility index (Phi) is 4.10. The largest absolute Gasteiger partial charge is 0.374 e. The average molecular weight is 313 g/mol. The van der Waals surface area contributed by atoms with Crippen molar-refractivity contribution in [3.63, 3.8) is 0 Å². The quantitative estimate of drug-likeness (QED) is 0.813. The topological polar surface area (TPSA) is 56.1 Å². The number of pyridine rings is 1. The van der Waals surface area contributed by atoms with Crippen molar-refractivity contribution in [3.05, 3.63) is 41.5 Å². The molecule has 2 aliphatic rings. The van der Waals surface area contributed by atoms with Crippen LogP contribution in [0.15, 0.2) is 24.4 Å². The second kappa shape index (κ2) is 6.37. The molecule has 0 unspecified atom stereocenters. The van der Waals surface area contributed by atoms with Gasteiger partial charge in [0.1, 0.15) is 5.69 Å². The Bertz CT molecular complexity index is 652. The van der Waals surface area contributed by atoms with Crippen molar-refractivity contribution in [2.24, 2.45) is 13.0 Å². The molecular formula is C17H23N5O. The molecule has 0 N–H and O–H groups in total. The maximum Gasteiger partial charge on any atom is 0.100 e. The van der Waals surface area contributed by atoms with Gasteiger partial charge in [0, 0.05) is 38.8 Å². The maximum atomic E-state index is 5.95. The third kappa shape index (κ3) is 3.43. The van der Waals surface area contributed by atoms with Gasteiger partial charge >= 0.3 is 0 Å². The molecule has 1 atom stereocenters. The zero-order valence-corrected chi connectivity index (χ0v) is 13.6. The summed E-state index contributed by atoms with van der Waals surface area (Å²) in [6.07, 6.45) is 4.56. The lowest BCUT2D eigenvalue weighted by Crippen LogP contribution is -2.37. The first-order valence-electron chi connectivity index (χ1n) is 8.38. The van der Waals surface area contributed by atoms with E-state index in [0.717, 1.165) is 30.4 Å². The van der Waals surface area contributed by atoms with Crippen molar-refractivity contribution in [2.45, 2.75) is 31.9 Å². The van der Waals surface area contributed by atoms with Crippen molar-refractivity contribution < 1.29 is 4.74 Å². The standard InChI is InChI=1S/C17H23N5O/c1-21-17-14(11-23-12-15-4-2-3-7-18-15)9-22(8-13-5-6-13)10-16(17)19-20-21/h2-4,7,13-14H,5-6,8-12H2,1H3/t14-/m0/s1. The van der Waals surface area contributed by atoms with Crippen LogP contribution in [0.2, 0.25) is 0 Å². The minimum absolute atomic E-state index is 0.334. The molecule has 6 heteroatoms. The van der Waals surface area contributed by atoms with Crippen molar-refractivity contribution >= 4 is 0 Å². The number of hydrogen-bond acceptors (Lipinski definition) is 5. The van der Waals surface area contributed by atoms with Gasteiger partial charge in [0.05, 0.1) is 24.6 Å². The van der Waals surface area contributed by atoms with Crippen LogP contribution < -0.4 is 0 Å². The van der Waals surface area contributed by atoms with Crippen molar-refractivity contribution in [1.82, 2.24) is 24.9 Å². The van der Waals surface area contributed by atoms with Crippen LogP contribution in [-0.4, -0.2) is 44.6 Å². The Labute approximate surface area is 136 Å². The highest BCUT2D eigenvalue weighted by Gasteiger charge is 2.33. The molecule has 1 saturated carbocycles. The maximum absolute atomic E-state index is 5.95. The number of rotatable bonds is 6. The molecule has 122 valence electrons. The van der Waals surface area contributed by atoms with E-state index in [-0.39, 0.29) is 0 Å². The Hall–Kier alpha value is -1.79. The van der Waals surface area contributed by atoms with Gasteiger partial charge in [-0.2, -0.15) is 0 Å². The van der Waals surface area contributed by atoms with Gasteiger partial charge < -0.3 is 4.74 Å². The molecule has 6 nitrogen and oxygen atoms in total. The average Bonchev–Trinajstić information content (AvgIpc) is 3.30. The highest BCUT2D eigenvalue weighted by molar-refractivity contribution is 5.19. The first-order chi connectivity index (χ1) is 11.3. The van der Waals surface area contributed by atoms with Gasteiger partial charge in [-0.1, -0.05) is 11.3 Å². The molecule has 1 aliphatic carbocycles. The van der Waals surface area contributed by atoms with E-state index >= 15 is 0 Å². The molecule has 3 heterocycles. The molecular weight excluding hydrogens is 290 g/mol. The summed E-state index contributed by atoms with van der Waals surface area (Å²) < 4.78 is 7.87. The molecule has 1 aliphatic heterocycles. The molecule has 0 aromatic carbocycles. The van der Waals surface area contributed by atoms with Gasteiger partial charge in [-0.3, -0.25) is 14.6 Å². The smallest absolute Gasteiger partial charge is 0.100 e. The number of nitrogens with zero attached hydrogens (tertiary/aromatic N) is 5. The van der Waals surface area contributed by atoms with Gasteiger partial charge in [-0.25, -0.2) is 0 Å². The lowest BCUT2D eigenvalue weighted by molar-refractivity contribution is 0.0817. The van der Waals surface area contributed by atoms with Gasteiger partial charge in [0.2, 0.25) is 0 Å².